The molecule has 0 bridgehead atoms. The number of aryl methyl sites for hydroxylation is 2. The summed E-state index contributed by atoms with van der Waals surface area (Å²) >= 11 is 6.38. The van der Waals surface area contributed by atoms with Gasteiger partial charge in [-0.3, -0.25) is 13.9 Å². The van der Waals surface area contributed by atoms with Gasteiger partial charge >= 0.3 is 0 Å². The van der Waals surface area contributed by atoms with Crippen molar-refractivity contribution in [1.82, 2.24) is 10.2 Å². The summed E-state index contributed by atoms with van der Waals surface area (Å²) in [6.45, 7) is 8.92. The maximum Gasteiger partial charge on any atom is 0.264 e. The predicted molar refractivity (Wildman–Crippen MR) is 163 cm³/mol. The van der Waals surface area contributed by atoms with Gasteiger partial charge in [-0.15, -0.1) is 0 Å². The zero-order valence-corrected chi connectivity index (χ0v) is 25.9. The monoisotopic (exact) mass is 599 g/mol. The van der Waals surface area contributed by atoms with Crippen LogP contribution in [0, 0.1) is 13.8 Å². The molecular weight excluding hydrogens is 562 g/mol. The highest BCUT2D eigenvalue weighted by molar-refractivity contribution is 7.92. The lowest BCUT2D eigenvalue weighted by atomic mass is 10.1. The smallest absolute Gasteiger partial charge is 0.264 e. The predicted octanol–water partition coefficient (Wildman–Crippen LogP) is 5.49. The Balaban J connectivity index is 2.09. The summed E-state index contributed by atoms with van der Waals surface area (Å²) in [7, 11) is -2.74. The van der Waals surface area contributed by atoms with Crippen LogP contribution in [0.3, 0.4) is 0 Å². The third-order valence-corrected chi connectivity index (χ3v) is 8.69. The molecule has 0 aliphatic heterocycles. The van der Waals surface area contributed by atoms with E-state index in [1.807, 2.05) is 58.9 Å². The first-order valence-electron chi connectivity index (χ1n) is 13.5. The summed E-state index contributed by atoms with van der Waals surface area (Å²) < 4.78 is 34.2. The zero-order valence-electron chi connectivity index (χ0n) is 24.3. The minimum Gasteiger partial charge on any atom is -0.495 e. The Morgan fingerprint density at radius 2 is 1.54 bits per heavy atom. The summed E-state index contributed by atoms with van der Waals surface area (Å²) in [6.07, 6.45) is 0.342. The number of ether oxygens (including phenoxy) is 1. The SMILES string of the molecule is CC[C@@H](C(=O)NC(C)C)N(Cc1ccc(C)cc1)C(=O)CN(c1ccc(OC)c(Cl)c1)S(=O)(=O)c1ccc(C)cc1. The minimum absolute atomic E-state index is 0.0255. The first-order chi connectivity index (χ1) is 19.4. The van der Waals surface area contributed by atoms with Gasteiger partial charge in [-0.2, -0.15) is 0 Å². The fourth-order valence-electron chi connectivity index (χ4n) is 4.37. The van der Waals surface area contributed by atoms with Crippen LogP contribution in [0.2, 0.25) is 5.02 Å². The summed E-state index contributed by atoms with van der Waals surface area (Å²) in [5, 5.41) is 3.09. The molecule has 0 unspecified atom stereocenters. The minimum atomic E-state index is -4.20. The van der Waals surface area contributed by atoms with Crippen LogP contribution in [0.5, 0.6) is 5.75 Å². The van der Waals surface area contributed by atoms with Gasteiger partial charge in [0.25, 0.3) is 10.0 Å². The van der Waals surface area contributed by atoms with Crippen LogP contribution in [0.4, 0.5) is 5.69 Å². The lowest BCUT2D eigenvalue weighted by Gasteiger charge is -2.33. The molecule has 0 fully saturated rings. The van der Waals surface area contributed by atoms with Gasteiger partial charge in [0.05, 0.1) is 22.7 Å². The van der Waals surface area contributed by atoms with E-state index in [4.69, 9.17) is 16.3 Å². The number of carbonyl (C=O) groups is 2. The summed E-state index contributed by atoms with van der Waals surface area (Å²) in [4.78, 5) is 28.8. The number of sulfonamides is 1. The van der Waals surface area contributed by atoms with Crippen molar-refractivity contribution >= 4 is 39.1 Å². The number of carbonyl (C=O) groups excluding carboxylic acids is 2. The third kappa shape index (κ3) is 8.01. The van der Waals surface area contributed by atoms with E-state index in [0.717, 1.165) is 21.0 Å². The van der Waals surface area contributed by atoms with Gasteiger partial charge in [0.15, 0.2) is 0 Å². The molecule has 0 radical (unpaired) electrons. The molecule has 2 amide bonds. The van der Waals surface area contributed by atoms with Crippen LogP contribution in [-0.4, -0.2) is 50.9 Å². The van der Waals surface area contributed by atoms with Crippen molar-refractivity contribution in [1.29, 1.82) is 0 Å². The molecular formula is C31H38ClN3O5S. The first kappa shape index (κ1) is 32.0. The Labute approximate surface area is 248 Å². The molecule has 0 spiro atoms. The molecule has 3 aromatic rings. The highest BCUT2D eigenvalue weighted by Gasteiger charge is 2.34. The van der Waals surface area contributed by atoms with Crippen molar-refractivity contribution in [3.05, 3.63) is 88.4 Å². The number of halogens is 1. The van der Waals surface area contributed by atoms with E-state index in [0.29, 0.717) is 12.2 Å². The van der Waals surface area contributed by atoms with E-state index < -0.39 is 28.5 Å². The molecule has 1 atom stereocenters. The Kier molecular flexibility index (Phi) is 10.8. The fraction of sp³-hybridized carbons (Fsp3) is 0.355. The molecule has 41 heavy (non-hydrogen) atoms. The normalized spacial score (nSPS) is 12.1. The summed E-state index contributed by atoms with van der Waals surface area (Å²) in [6, 6.07) is 17.6. The second kappa shape index (κ2) is 13.9. The molecule has 0 aromatic heterocycles. The zero-order chi connectivity index (χ0) is 30.3. The maximum atomic E-state index is 14.1. The number of amides is 2. The molecule has 220 valence electrons. The Bertz CT molecular complexity index is 1460. The van der Waals surface area contributed by atoms with E-state index in [2.05, 4.69) is 5.32 Å². The first-order valence-corrected chi connectivity index (χ1v) is 15.3. The Hall–Kier alpha value is -3.56. The molecule has 0 saturated heterocycles. The highest BCUT2D eigenvalue weighted by Crippen LogP contribution is 2.32. The van der Waals surface area contributed by atoms with Crippen LogP contribution in [0.15, 0.2) is 71.6 Å². The van der Waals surface area contributed by atoms with Gasteiger partial charge in [0.2, 0.25) is 11.8 Å². The number of anilines is 1. The van der Waals surface area contributed by atoms with Crippen LogP contribution in [0.25, 0.3) is 0 Å². The molecule has 3 rings (SSSR count). The number of nitrogens with zero attached hydrogens (tertiary/aromatic N) is 2. The van der Waals surface area contributed by atoms with Gasteiger partial charge in [0.1, 0.15) is 18.3 Å². The molecule has 0 aliphatic carbocycles. The van der Waals surface area contributed by atoms with E-state index in [9.17, 15) is 18.0 Å². The Morgan fingerprint density at radius 3 is 2.05 bits per heavy atom. The lowest BCUT2D eigenvalue weighted by molar-refractivity contribution is -0.140. The van der Waals surface area contributed by atoms with Crippen molar-refractivity contribution in [3.63, 3.8) is 0 Å². The van der Waals surface area contributed by atoms with Crippen LogP contribution >= 0.6 is 11.6 Å². The van der Waals surface area contributed by atoms with Gasteiger partial charge in [-0.25, -0.2) is 8.42 Å². The standard InChI is InChI=1S/C31H38ClN3O5S/c1-7-28(31(37)33-21(2)3)34(19-24-12-8-22(4)9-13-24)30(36)20-35(25-14-17-29(40-6)27(32)18-25)41(38,39)26-15-10-23(5)11-16-26/h8-18,21,28H,7,19-20H2,1-6H3,(H,33,37)/t28-/m0/s1. The Morgan fingerprint density at radius 1 is 0.951 bits per heavy atom. The fourth-order valence-corrected chi connectivity index (χ4v) is 6.02. The van der Waals surface area contributed by atoms with Crippen molar-refractivity contribution in [2.75, 3.05) is 18.0 Å². The quantitative estimate of drug-likeness (QED) is 0.297. The maximum absolute atomic E-state index is 14.1. The van der Waals surface area contributed by atoms with Gasteiger partial charge in [-0.1, -0.05) is 66.0 Å². The van der Waals surface area contributed by atoms with E-state index in [-0.39, 0.29) is 34.1 Å². The van der Waals surface area contributed by atoms with E-state index in [1.165, 1.54) is 36.3 Å². The number of nitrogens with one attached hydrogen (secondary N) is 1. The second-order valence-electron chi connectivity index (χ2n) is 10.2. The number of hydrogen-bond acceptors (Lipinski definition) is 5. The van der Waals surface area contributed by atoms with Crippen molar-refractivity contribution in [2.24, 2.45) is 0 Å². The second-order valence-corrected chi connectivity index (χ2v) is 12.5. The van der Waals surface area contributed by atoms with Crippen LogP contribution in [0.1, 0.15) is 43.9 Å². The van der Waals surface area contributed by atoms with Crippen LogP contribution in [-0.2, 0) is 26.2 Å². The molecule has 1 N–H and O–H groups in total. The number of methoxy groups -OCH3 is 1. The van der Waals surface area contributed by atoms with Gasteiger partial charge in [-0.05, 0) is 70.0 Å². The number of hydrogen-bond donors (Lipinski definition) is 1. The van der Waals surface area contributed by atoms with E-state index >= 15 is 0 Å². The van der Waals surface area contributed by atoms with Crippen molar-refractivity contribution in [3.8, 4) is 5.75 Å². The van der Waals surface area contributed by atoms with Gasteiger partial charge in [0, 0.05) is 12.6 Å². The summed E-state index contributed by atoms with van der Waals surface area (Å²) in [5.74, 6) is -0.464. The molecule has 0 aliphatic rings. The molecule has 3 aromatic carbocycles. The van der Waals surface area contributed by atoms with Gasteiger partial charge < -0.3 is 15.0 Å². The van der Waals surface area contributed by atoms with E-state index in [1.54, 1.807) is 18.2 Å². The topological polar surface area (TPSA) is 96.0 Å². The average Bonchev–Trinajstić information content (AvgIpc) is 2.92. The molecule has 10 heteroatoms. The molecule has 0 saturated carbocycles. The molecule has 0 heterocycles. The largest absolute Gasteiger partial charge is 0.495 e. The highest BCUT2D eigenvalue weighted by atomic mass is 35.5. The van der Waals surface area contributed by atoms with Crippen LogP contribution < -0.4 is 14.4 Å². The summed E-state index contributed by atoms with van der Waals surface area (Å²) in [5.41, 5.74) is 2.97. The molecule has 8 nitrogen and oxygen atoms in total. The third-order valence-electron chi connectivity index (χ3n) is 6.60. The average molecular weight is 600 g/mol. The van der Waals surface area contributed by atoms with Crippen molar-refractivity contribution < 1.29 is 22.7 Å². The van der Waals surface area contributed by atoms with Crippen molar-refractivity contribution in [2.45, 2.75) is 64.6 Å². The lowest BCUT2D eigenvalue weighted by Crippen LogP contribution is -2.53. The number of benzene rings is 3. The number of rotatable bonds is 12.